The smallest absolute Gasteiger partial charge is 0.0583 e. The van der Waals surface area contributed by atoms with Gasteiger partial charge in [-0.05, 0) is 41.3 Å². The van der Waals surface area contributed by atoms with E-state index in [-0.39, 0.29) is 6.04 Å². The van der Waals surface area contributed by atoms with Crippen molar-refractivity contribution in [2.45, 2.75) is 19.5 Å². The Bertz CT molecular complexity index is 563. The first-order chi connectivity index (χ1) is 8.25. The van der Waals surface area contributed by atoms with E-state index in [1.807, 2.05) is 18.2 Å². The van der Waals surface area contributed by atoms with Crippen LogP contribution in [0.15, 0.2) is 42.5 Å². The predicted molar refractivity (Wildman–Crippen MR) is 71.3 cm³/mol. The van der Waals surface area contributed by atoms with Crippen LogP contribution in [-0.2, 0) is 6.54 Å². The lowest BCUT2D eigenvalue weighted by atomic mass is 9.96. The summed E-state index contributed by atoms with van der Waals surface area (Å²) in [5.74, 6) is 0. The van der Waals surface area contributed by atoms with E-state index in [9.17, 15) is 0 Å². The highest BCUT2D eigenvalue weighted by Crippen LogP contribution is 2.33. The average Bonchev–Trinajstić information content (AvgIpc) is 2.74. The van der Waals surface area contributed by atoms with Crippen LogP contribution in [0, 0.1) is 6.92 Å². The number of aryl methyl sites for hydroxylation is 1. The summed E-state index contributed by atoms with van der Waals surface area (Å²) in [7, 11) is 0. The van der Waals surface area contributed by atoms with Gasteiger partial charge in [-0.2, -0.15) is 0 Å². The minimum Gasteiger partial charge on any atom is -0.302 e. The summed E-state index contributed by atoms with van der Waals surface area (Å²) >= 11 is 6.05. The number of hydrogen-bond donors (Lipinski definition) is 1. The third-order valence-corrected chi connectivity index (χ3v) is 3.66. The molecular weight excluding hydrogens is 230 g/mol. The van der Waals surface area contributed by atoms with Crippen molar-refractivity contribution in [2.75, 3.05) is 0 Å². The monoisotopic (exact) mass is 243 g/mol. The number of benzene rings is 2. The summed E-state index contributed by atoms with van der Waals surface area (Å²) in [5.41, 5.74) is 5.41. The molecule has 1 aliphatic heterocycles. The average molecular weight is 244 g/mol. The van der Waals surface area contributed by atoms with Gasteiger partial charge in [0.1, 0.15) is 0 Å². The van der Waals surface area contributed by atoms with E-state index in [0.29, 0.717) is 0 Å². The highest BCUT2D eigenvalue weighted by Gasteiger charge is 2.24. The van der Waals surface area contributed by atoms with Gasteiger partial charge in [-0.25, -0.2) is 0 Å². The number of nitrogens with one attached hydrogen (secondary N) is 1. The van der Waals surface area contributed by atoms with Gasteiger partial charge in [-0.1, -0.05) is 41.9 Å². The van der Waals surface area contributed by atoms with Crippen molar-refractivity contribution in [3.05, 3.63) is 69.7 Å². The van der Waals surface area contributed by atoms with Crippen LogP contribution in [0.3, 0.4) is 0 Å². The van der Waals surface area contributed by atoms with Crippen LogP contribution in [0.5, 0.6) is 0 Å². The van der Waals surface area contributed by atoms with Gasteiger partial charge in [0.2, 0.25) is 0 Å². The van der Waals surface area contributed by atoms with E-state index in [1.54, 1.807) is 0 Å². The van der Waals surface area contributed by atoms with Gasteiger partial charge < -0.3 is 5.32 Å². The first-order valence-corrected chi connectivity index (χ1v) is 6.21. The van der Waals surface area contributed by atoms with Crippen LogP contribution in [0.1, 0.15) is 28.3 Å². The molecule has 2 aromatic carbocycles. The topological polar surface area (TPSA) is 12.0 Å². The second kappa shape index (κ2) is 4.17. The number of halogens is 1. The Kier molecular flexibility index (Phi) is 2.65. The highest BCUT2D eigenvalue weighted by molar-refractivity contribution is 6.30. The molecule has 1 atom stereocenters. The Hall–Kier alpha value is -1.31. The Labute approximate surface area is 106 Å². The molecule has 86 valence electrons. The third kappa shape index (κ3) is 1.86. The summed E-state index contributed by atoms with van der Waals surface area (Å²) in [5, 5.41) is 4.34. The molecule has 0 spiro atoms. The zero-order valence-electron chi connectivity index (χ0n) is 9.70. The van der Waals surface area contributed by atoms with Gasteiger partial charge in [0.05, 0.1) is 6.04 Å². The first-order valence-electron chi connectivity index (χ1n) is 5.83. The SMILES string of the molecule is Cc1cccc2c1CNC2c1cccc(Cl)c1. The quantitative estimate of drug-likeness (QED) is 0.803. The summed E-state index contributed by atoms with van der Waals surface area (Å²) in [6, 6.07) is 14.9. The molecule has 1 heterocycles. The third-order valence-electron chi connectivity index (χ3n) is 3.42. The van der Waals surface area contributed by atoms with Crippen LogP contribution < -0.4 is 5.32 Å². The van der Waals surface area contributed by atoms with Gasteiger partial charge in [-0.3, -0.25) is 0 Å². The second-order valence-electron chi connectivity index (χ2n) is 4.51. The number of hydrogen-bond acceptors (Lipinski definition) is 1. The van der Waals surface area contributed by atoms with E-state index in [1.165, 1.54) is 22.3 Å². The Morgan fingerprint density at radius 2 is 2.00 bits per heavy atom. The largest absolute Gasteiger partial charge is 0.302 e. The maximum atomic E-state index is 6.05. The molecule has 1 aliphatic rings. The van der Waals surface area contributed by atoms with Crippen LogP contribution >= 0.6 is 11.6 Å². The van der Waals surface area contributed by atoms with Crippen molar-refractivity contribution in [1.29, 1.82) is 0 Å². The van der Waals surface area contributed by atoms with Crippen molar-refractivity contribution in [3.63, 3.8) is 0 Å². The van der Waals surface area contributed by atoms with Crippen molar-refractivity contribution in [1.82, 2.24) is 5.32 Å². The molecule has 0 aromatic heterocycles. The van der Waals surface area contributed by atoms with Gasteiger partial charge in [-0.15, -0.1) is 0 Å². The zero-order chi connectivity index (χ0) is 11.8. The van der Waals surface area contributed by atoms with Gasteiger partial charge >= 0.3 is 0 Å². The van der Waals surface area contributed by atoms with Gasteiger partial charge in [0.25, 0.3) is 0 Å². The molecular formula is C15H14ClN. The lowest BCUT2D eigenvalue weighted by Gasteiger charge is -2.13. The van der Waals surface area contributed by atoms with Crippen LogP contribution in [0.25, 0.3) is 0 Å². The minimum atomic E-state index is 0.281. The van der Waals surface area contributed by atoms with E-state index in [4.69, 9.17) is 11.6 Å². The van der Waals surface area contributed by atoms with E-state index in [0.717, 1.165) is 11.6 Å². The molecule has 17 heavy (non-hydrogen) atoms. The van der Waals surface area contributed by atoms with Crippen molar-refractivity contribution >= 4 is 11.6 Å². The molecule has 0 radical (unpaired) electrons. The Morgan fingerprint density at radius 3 is 2.82 bits per heavy atom. The molecule has 2 heteroatoms. The molecule has 1 nitrogen and oxygen atoms in total. The number of rotatable bonds is 1. The standard InChI is InChI=1S/C15H14ClN/c1-10-4-2-7-13-14(10)9-17-15(13)11-5-3-6-12(16)8-11/h2-8,15,17H,9H2,1H3. The Morgan fingerprint density at radius 1 is 1.18 bits per heavy atom. The van der Waals surface area contributed by atoms with Crippen LogP contribution in [-0.4, -0.2) is 0 Å². The predicted octanol–water partition coefficient (Wildman–Crippen LogP) is 3.84. The maximum absolute atomic E-state index is 6.05. The minimum absolute atomic E-state index is 0.281. The molecule has 0 saturated carbocycles. The molecule has 0 bridgehead atoms. The van der Waals surface area contributed by atoms with Crippen molar-refractivity contribution in [3.8, 4) is 0 Å². The van der Waals surface area contributed by atoms with E-state index >= 15 is 0 Å². The van der Waals surface area contributed by atoms with Crippen LogP contribution in [0.4, 0.5) is 0 Å². The molecule has 2 aromatic rings. The van der Waals surface area contributed by atoms with E-state index < -0.39 is 0 Å². The molecule has 0 amide bonds. The molecule has 1 N–H and O–H groups in total. The fourth-order valence-corrected chi connectivity index (χ4v) is 2.73. The van der Waals surface area contributed by atoms with Gasteiger partial charge in [0, 0.05) is 11.6 Å². The lowest BCUT2D eigenvalue weighted by Crippen LogP contribution is -2.13. The summed E-state index contributed by atoms with van der Waals surface area (Å²) in [6.07, 6.45) is 0. The van der Waals surface area contributed by atoms with Gasteiger partial charge in [0.15, 0.2) is 0 Å². The first kappa shape index (κ1) is 10.8. The van der Waals surface area contributed by atoms with Crippen LogP contribution in [0.2, 0.25) is 5.02 Å². The molecule has 0 saturated heterocycles. The fourth-order valence-electron chi connectivity index (χ4n) is 2.53. The molecule has 3 rings (SSSR count). The highest BCUT2D eigenvalue weighted by atomic mass is 35.5. The molecule has 0 fully saturated rings. The fraction of sp³-hybridized carbons (Fsp3) is 0.200. The van der Waals surface area contributed by atoms with E-state index in [2.05, 4.69) is 36.5 Å². The summed E-state index contributed by atoms with van der Waals surface area (Å²) in [4.78, 5) is 0. The van der Waals surface area contributed by atoms with Crippen molar-refractivity contribution in [2.24, 2.45) is 0 Å². The normalized spacial score (nSPS) is 18.1. The summed E-state index contributed by atoms with van der Waals surface area (Å²) in [6.45, 7) is 3.11. The Balaban J connectivity index is 2.07. The zero-order valence-corrected chi connectivity index (χ0v) is 10.5. The lowest BCUT2D eigenvalue weighted by molar-refractivity contribution is 0.667. The summed E-state index contributed by atoms with van der Waals surface area (Å²) < 4.78 is 0. The van der Waals surface area contributed by atoms with Crippen molar-refractivity contribution < 1.29 is 0 Å². The maximum Gasteiger partial charge on any atom is 0.0583 e. The molecule has 1 unspecified atom stereocenters. The molecule has 0 aliphatic carbocycles. The number of fused-ring (bicyclic) bond motifs is 1. The second-order valence-corrected chi connectivity index (χ2v) is 4.95.